The Labute approximate surface area is 113 Å². The van der Waals surface area contributed by atoms with E-state index in [2.05, 4.69) is 6.58 Å². The highest BCUT2D eigenvalue weighted by Crippen LogP contribution is 2.13. The molecule has 1 aromatic carbocycles. The second-order valence-electron chi connectivity index (χ2n) is 4.32. The van der Waals surface area contributed by atoms with Gasteiger partial charge in [0, 0.05) is 0 Å². The summed E-state index contributed by atoms with van der Waals surface area (Å²) in [5, 5.41) is 7.68. The molecule has 0 fully saturated rings. The minimum absolute atomic E-state index is 0.125. The Hall–Kier alpha value is -1.62. The maximum atomic E-state index is 11.8. The van der Waals surface area contributed by atoms with Crippen LogP contribution in [0.25, 0.3) is 0 Å². The Morgan fingerprint density at radius 3 is 2.47 bits per heavy atom. The van der Waals surface area contributed by atoms with Crippen LogP contribution in [0.2, 0.25) is 0 Å². The minimum atomic E-state index is -3.64. The fraction of sp³-hybridized carbons (Fsp3) is 0.357. The Balaban J connectivity index is 2.61. The molecule has 0 aliphatic heterocycles. The Morgan fingerprint density at radius 2 is 1.95 bits per heavy atom. The molecule has 0 aliphatic carbocycles. The van der Waals surface area contributed by atoms with Gasteiger partial charge in [-0.25, -0.2) is 8.42 Å². The number of aliphatic carboxylic acids is 1. The number of carbonyl (C=O) groups is 1. The molecule has 1 rings (SSSR count). The molecule has 4 nitrogen and oxygen atoms in total. The maximum Gasteiger partial charge on any atom is 0.321 e. The fourth-order valence-electron chi connectivity index (χ4n) is 1.87. The van der Waals surface area contributed by atoms with Crippen molar-refractivity contribution >= 4 is 15.8 Å². The van der Waals surface area contributed by atoms with E-state index < -0.39 is 21.1 Å². The average Bonchev–Trinajstić information content (AvgIpc) is 2.35. The van der Waals surface area contributed by atoms with E-state index in [1.165, 1.54) is 6.08 Å². The van der Waals surface area contributed by atoms with Crippen LogP contribution in [0.5, 0.6) is 0 Å². The van der Waals surface area contributed by atoms with E-state index in [0.717, 1.165) is 5.56 Å². The topological polar surface area (TPSA) is 71.4 Å². The predicted molar refractivity (Wildman–Crippen MR) is 74.8 cm³/mol. The fourth-order valence-corrected chi connectivity index (χ4v) is 3.27. The van der Waals surface area contributed by atoms with Crippen LogP contribution in [0.3, 0.4) is 0 Å². The molecule has 0 aliphatic rings. The van der Waals surface area contributed by atoms with Crippen LogP contribution in [-0.2, 0) is 21.1 Å². The smallest absolute Gasteiger partial charge is 0.321 e. The number of rotatable bonds is 8. The van der Waals surface area contributed by atoms with Crippen molar-refractivity contribution in [3.8, 4) is 0 Å². The number of carboxylic acids is 1. The van der Waals surface area contributed by atoms with Crippen molar-refractivity contribution in [1.29, 1.82) is 0 Å². The largest absolute Gasteiger partial charge is 0.480 e. The molecule has 1 aromatic rings. The molecule has 0 radical (unpaired) electrons. The third-order valence-electron chi connectivity index (χ3n) is 2.83. The molecule has 5 heteroatoms. The lowest BCUT2D eigenvalue weighted by atomic mass is 10.1. The molecule has 0 amide bonds. The van der Waals surface area contributed by atoms with E-state index in [0.29, 0.717) is 12.8 Å². The van der Waals surface area contributed by atoms with Crippen molar-refractivity contribution in [2.45, 2.75) is 24.5 Å². The SMILES string of the molecule is C=CCS(=O)(=O)C(CCCc1ccccc1)C(=O)O. The van der Waals surface area contributed by atoms with Gasteiger partial charge >= 0.3 is 5.97 Å². The first-order chi connectivity index (χ1) is 8.97. The van der Waals surface area contributed by atoms with Gasteiger partial charge in [0.2, 0.25) is 0 Å². The number of hydrogen-bond acceptors (Lipinski definition) is 3. The van der Waals surface area contributed by atoms with E-state index in [4.69, 9.17) is 5.11 Å². The summed E-state index contributed by atoms with van der Waals surface area (Å²) in [4.78, 5) is 11.0. The molecule has 0 saturated carbocycles. The summed E-state index contributed by atoms with van der Waals surface area (Å²) in [6.45, 7) is 3.34. The molecule has 19 heavy (non-hydrogen) atoms. The number of carboxylic acid groups (broad SMARTS) is 1. The van der Waals surface area contributed by atoms with Gasteiger partial charge in [-0.1, -0.05) is 36.4 Å². The van der Waals surface area contributed by atoms with E-state index in [-0.39, 0.29) is 12.2 Å². The van der Waals surface area contributed by atoms with Crippen LogP contribution in [0.4, 0.5) is 0 Å². The number of benzene rings is 1. The zero-order valence-electron chi connectivity index (χ0n) is 10.7. The van der Waals surface area contributed by atoms with Crippen LogP contribution < -0.4 is 0 Å². The molecule has 1 N–H and O–H groups in total. The van der Waals surface area contributed by atoms with Crippen molar-refractivity contribution in [3.63, 3.8) is 0 Å². The Kier molecular flexibility index (Phi) is 5.76. The first-order valence-electron chi connectivity index (χ1n) is 6.06. The predicted octanol–water partition coefficient (Wildman–Crippen LogP) is 2.06. The Bertz CT molecular complexity index is 520. The standard InChI is InChI=1S/C14H18O4S/c1-2-11-19(17,18)13(14(15)16)10-6-9-12-7-4-3-5-8-12/h2-5,7-8,13H,1,6,9-11H2,(H,15,16). The van der Waals surface area contributed by atoms with Gasteiger partial charge in [-0.05, 0) is 24.8 Å². The molecular weight excluding hydrogens is 264 g/mol. The number of hydrogen-bond donors (Lipinski definition) is 1. The highest BCUT2D eigenvalue weighted by Gasteiger charge is 2.30. The summed E-state index contributed by atoms with van der Waals surface area (Å²) in [6, 6.07) is 9.58. The first kappa shape index (κ1) is 15.4. The molecule has 1 atom stereocenters. The van der Waals surface area contributed by atoms with Gasteiger partial charge in [-0.15, -0.1) is 6.58 Å². The zero-order chi connectivity index (χ0) is 14.3. The Morgan fingerprint density at radius 1 is 1.32 bits per heavy atom. The van der Waals surface area contributed by atoms with Crippen molar-refractivity contribution < 1.29 is 18.3 Å². The van der Waals surface area contributed by atoms with Crippen molar-refractivity contribution in [3.05, 3.63) is 48.6 Å². The van der Waals surface area contributed by atoms with Gasteiger partial charge in [0.25, 0.3) is 0 Å². The van der Waals surface area contributed by atoms with Crippen LogP contribution >= 0.6 is 0 Å². The summed E-state index contributed by atoms with van der Waals surface area (Å²) >= 11 is 0. The summed E-state index contributed by atoms with van der Waals surface area (Å²) in [6.07, 6.45) is 2.55. The number of sulfone groups is 1. The highest BCUT2D eigenvalue weighted by molar-refractivity contribution is 7.92. The summed E-state index contributed by atoms with van der Waals surface area (Å²) in [5.41, 5.74) is 1.08. The second-order valence-corrected chi connectivity index (χ2v) is 6.55. The third-order valence-corrected chi connectivity index (χ3v) is 4.84. The van der Waals surface area contributed by atoms with Crippen LogP contribution in [-0.4, -0.2) is 30.5 Å². The van der Waals surface area contributed by atoms with Crippen LogP contribution in [0.15, 0.2) is 43.0 Å². The van der Waals surface area contributed by atoms with Crippen LogP contribution in [0, 0.1) is 0 Å². The average molecular weight is 282 g/mol. The van der Waals surface area contributed by atoms with E-state index in [1.807, 2.05) is 30.3 Å². The van der Waals surface area contributed by atoms with Gasteiger partial charge in [0.05, 0.1) is 5.75 Å². The van der Waals surface area contributed by atoms with Crippen LogP contribution in [0.1, 0.15) is 18.4 Å². The number of aryl methyl sites for hydroxylation is 1. The third kappa shape index (κ3) is 4.87. The lowest BCUT2D eigenvalue weighted by Gasteiger charge is -2.12. The highest BCUT2D eigenvalue weighted by atomic mass is 32.2. The van der Waals surface area contributed by atoms with Crippen molar-refractivity contribution in [1.82, 2.24) is 0 Å². The van der Waals surface area contributed by atoms with Gasteiger partial charge in [-0.2, -0.15) is 0 Å². The first-order valence-corrected chi connectivity index (χ1v) is 7.78. The van der Waals surface area contributed by atoms with Gasteiger partial charge < -0.3 is 5.11 Å². The molecular formula is C14H18O4S. The van der Waals surface area contributed by atoms with Gasteiger partial charge in [0.1, 0.15) is 0 Å². The molecule has 0 aromatic heterocycles. The molecule has 104 valence electrons. The lowest BCUT2D eigenvalue weighted by molar-refractivity contribution is -0.136. The molecule has 0 bridgehead atoms. The van der Waals surface area contributed by atoms with Gasteiger partial charge in [-0.3, -0.25) is 4.79 Å². The molecule has 0 spiro atoms. The summed E-state index contributed by atoms with van der Waals surface area (Å²) < 4.78 is 23.5. The zero-order valence-corrected chi connectivity index (χ0v) is 11.5. The monoisotopic (exact) mass is 282 g/mol. The summed E-state index contributed by atoms with van der Waals surface area (Å²) in [5.74, 6) is -1.58. The maximum absolute atomic E-state index is 11.8. The van der Waals surface area contributed by atoms with Crippen molar-refractivity contribution in [2.24, 2.45) is 0 Å². The quantitative estimate of drug-likeness (QED) is 0.741. The van der Waals surface area contributed by atoms with Crippen molar-refractivity contribution in [2.75, 3.05) is 5.75 Å². The lowest BCUT2D eigenvalue weighted by Crippen LogP contribution is -2.31. The minimum Gasteiger partial charge on any atom is -0.480 e. The van der Waals surface area contributed by atoms with Gasteiger partial charge in [0.15, 0.2) is 15.1 Å². The molecule has 0 saturated heterocycles. The molecule has 1 unspecified atom stereocenters. The normalized spacial score (nSPS) is 12.8. The molecule has 0 heterocycles. The van der Waals surface area contributed by atoms with E-state index >= 15 is 0 Å². The second kappa shape index (κ2) is 7.09. The van der Waals surface area contributed by atoms with E-state index in [9.17, 15) is 13.2 Å². The summed E-state index contributed by atoms with van der Waals surface area (Å²) in [7, 11) is -3.64. The van der Waals surface area contributed by atoms with E-state index in [1.54, 1.807) is 0 Å².